The minimum atomic E-state index is -0.293. The zero-order valence-corrected chi connectivity index (χ0v) is 19.6. The van der Waals surface area contributed by atoms with E-state index in [1.807, 2.05) is 29.2 Å². The zero-order valence-electron chi connectivity index (χ0n) is 18.9. The van der Waals surface area contributed by atoms with E-state index in [0.717, 1.165) is 67.3 Å². The largest absolute Gasteiger partial charge is 0.368 e. The van der Waals surface area contributed by atoms with Crippen molar-refractivity contribution in [3.8, 4) is 11.4 Å². The van der Waals surface area contributed by atoms with E-state index in [-0.39, 0.29) is 11.7 Å². The maximum atomic E-state index is 13.9. The third-order valence-corrected chi connectivity index (χ3v) is 6.97. The van der Waals surface area contributed by atoms with Gasteiger partial charge in [-0.3, -0.25) is 4.79 Å². The Kier molecular flexibility index (Phi) is 6.11. The monoisotopic (exact) mass is 466 g/mol. The summed E-state index contributed by atoms with van der Waals surface area (Å²) in [5, 5.41) is 0.722. The minimum Gasteiger partial charge on any atom is -0.368 e. The van der Waals surface area contributed by atoms with E-state index < -0.39 is 0 Å². The number of nitrogens with zero attached hydrogens (tertiary/aromatic N) is 4. The van der Waals surface area contributed by atoms with Crippen LogP contribution in [0.15, 0.2) is 42.5 Å². The molecule has 3 aromatic rings. The number of fused-ring (bicyclic) bond motifs is 1. The van der Waals surface area contributed by atoms with E-state index in [1.165, 1.54) is 17.7 Å². The van der Waals surface area contributed by atoms with Crippen LogP contribution < -0.4 is 4.90 Å². The molecular formula is C26H28ClFN4O. The van der Waals surface area contributed by atoms with Crippen LogP contribution in [0.4, 0.5) is 10.1 Å². The summed E-state index contributed by atoms with van der Waals surface area (Å²) in [5.41, 5.74) is 4.55. The molecule has 7 heteroatoms. The van der Waals surface area contributed by atoms with Crippen molar-refractivity contribution in [1.29, 1.82) is 0 Å². The molecular weight excluding hydrogens is 439 g/mol. The van der Waals surface area contributed by atoms with Gasteiger partial charge in [0, 0.05) is 49.0 Å². The van der Waals surface area contributed by atoms with Gasteiger partial charge in [0.15, 0.2) is 0 Å². The number of aromatic nitrogens is 2. The second-order valence-corrected chi connectivity index (χ2v) is 9.35. The number of amides is 1. The number of imidazole rings is 1. The normalized spacial score (nSPS) is 16.5. The Morgan fingerprint density at radius 2 is 1.82 bits per heavy atom. The molecule has 1 saturated heterocycles. The molecule has 0 atom stereocenters. The number of carbonyl (C=O) groups excluding carboxylic acids is 1. The second-order valence-electron chi connectivity index (χ2n) is 8.91. The van der Waals surface area contributed by atoms with Crippen molar-refractivity contribution < 1.29 is 9.18 Å². The van der Waals surface area contributed by atoms with E-state index in [4.69, 9.17) is 16.6 Å². The Bertz CT molecular complexity index is 1180. The van der Waals surface area contributed by atoms with Crippen LogP contribution in [0.3, 0.4) is 0 Å². The third-order valence-electron chi connectivity index (χ3n) is 6.73. The van der Waals surface area contributed by atoms with Gasteiger partial charge in [0.2, 0.25) is 0 Å². The van der Waals surface area contributed by atoms with E-state index in [2.05, 4.69) is 16.4 Å². The van der Waals surface area contributed by atoms with Crippen LogP contribution in [0.25, 0.3) is 11.4 Å². The molecule has 2 aliphatic heterocycles. The summed E-state index contributed by atoms with van der Waals surface area (Å²) in [5.74, 6) is 0.382. The number of halogens is 2. The van der Waals surface area contributed by atoms with Crippen molar-refractivity contribution in [3.63, 3.8) is 0 Å². The molecule has 33 heavy (non-hydrogen) atoms. The summed E-state index contributed by atoms with van der Waals surface area (Å²) < 4.78 is 16.1. The molecule has 1 amide bonds. The van der Waals surface area contributed by atoms with Crippen molar-refractivity contribution >= 4 is 23.2 Å². The fourth-order valence-electron chi connectivity index (χ4n) is 4.96. The number of rotatable bonds is 3. The van der Waals surface area contributed by atoms with Gasteiger partial charge < -0.3 is 14.4 Å². The highest BCUT2D eigenvalue weighted by Gasteiger charge is 2.30. The Hall–Kier alpha value is -2.86. The van der Waals surface area contributed by atoms with Crippen LogP contribution in [0.5, 0.6) is 0 Å². The number of aryl methyl sites for hydroxylation is 1. The summed E-state index contributed by atoms with van der Waals surface area (Å²) >= 11 is 6.21. The first-order chi connectivity index (χ1) is 16.0. The minimum absolute atomic E-state index is 0.0224. The fourth-order valence-corrected chi connectivity index (χ4v) is 5.13. The van der Waals surface area contributed by atoms with E-state index in [9.17, 15) is 9.18 Å². The third kappa shape index (κ3) is 4.36. The molecule has 5 rings (SSSR count). The van der Waals surface area contributed by atoms with Gasteiger partial charge >= 0.3 is 0 Å². The summed E-state index contributed by atoms with van der Waals surface area (Å²) in [6.07, 6.45) is 4.02. The highest BCUT2D eigenvalue weighted by atomic mass is 35.5. The van der Waals surface area contributed by atoms with Crippen LogP contribution in [-0.4, -0.2) is 46.5 Å². The molecule has 2 aliphatic rings. The molecule has 2 aromatic carbocycles. The molecule has 0 saturated carbocycles. The van der Waals surface area contributed by atoms with E-state index in [1.54, 1.807) is 6.07 Å². The van der Waals surface area contributed by atoms with Crippen LogP contribution in [0.1, 0.15) is 41.0 Å². The maximum Gasteiger partial charge on any atom is 0.274 e. The molecule has 0 radical (unpaired) electrons. The summed E-state index contributed by atoms with van der Waals surface area (Å²) in [7, 11) is 0. The van der Waals surface area contributed by atoms with Crippen molar-refractivity contribution in [2.24, 2.45) is 0 Å². The molecule has 5 nitrogen and oxygen atoms in total. The lowest BCUT2D eigenvalue weighted by molar-refractivity contribution is 0.0740. The predicted molar refractivity (Wildman–Crippen MR) is 129 cm³/mol. The first-order valence-corrected chi connectivity index (χ1v) is 12.0. The van der Waals surface area contributed by atoms with Gasteiger partial charge in [0.05, 0.1) is 5.69 Å². The van der Waals surface area contributed by atoms with Gasteiger partial charge in [-0.2, -0.15) is 0 Å². The van der Waals surface area contributed by atoms with Gasteiger partial charge in [-0.25, -0.2) is 9.37 Å². The fraction of sp³-hybridized carbons (Fsp3) is 0.385. The highest BCUT2D eigenvalue weighted by Crippen LogP contribution is 2.29. The lowest BCUT2D eigenvalue weighted by Gasteiger charge is -2.36. The second kappa shape index (κ2) is 9.18. The average Bonchev–Trinajstić information content (AvgIpc) is 3.01. The lowest BCUT2D eigenvalue weighted by atomic mass is 10.1. The lowest BCUT2D eigenvalue weighted by Crippen LogP contribution is -2.49. The number of carbonyl (C=O) groups is 1. The number of hydrogen-bond donors (Lipinski definition) is 0. The maximum absolute atomic E-state index is 13.9. The van der Waals surface area contributed by atoms with Crippen LogP contribution in [0, 0.1) is 12.7 Å². The smallest absolute Gasteiger partial charge is 0.274 e. The average molecular weight is 467 g/mol. The molecule has 0 spiro atoms. The Morgan fingerprint density at radius 1 is 1.00 bits per heavy atom. The summed E-state index contributed by atoms with van der Waals surface area (Å²) in [4.78, 5) is 22.6. The molecule has 172 valence electrons. The van der Waals surface area contributed by atoms with Crippen molar-refractivity contribution in [1.82, 2.24) is 14.5 Å². The van der Waals surface area contributed by atoms with E-state index >= 15 is 0 Å². The Labute approximate surface area is 198 Å². The standard InChI is InChI=1S/C26H28ClFN4O/c1-18-9-10-20(27)17-23(18)30-12-14-31(15-13-30)26(33)24-22-8-3-2-4-11-32(22)25(29-24)19-6-5-7-21(28)16-19/h5-7,9-10,16-17H,2-4,8,11-15H2,1H3. The van der Waals surface area contributed by atoms with Gasteiger partial charge in [0.1, 0.15) is 17.3 Å². The first-order valence-electron chi connectivity index (χ1n) is 11.7. The molecule has 0 bridgehead atoms. The molecule has 1 fully saturated rings. The van der Waals surface area contributed by atoms with Crippen LogP contribution in [-0.2, 0) is 13.0 Å². The molecule has 0 unspecified atom stereocenters. The molecule has 0 N–H and O–H groups in total. The van der Waals surface area contributed by atoms with Gasteiger partial charge in [-0.1, -0.05) is 36.2 Å². The van der Waals surface area contributed by atoms with Crippen molar-refractivity contribution in [3.05, 3.63) is 70.3 Å². The Balaban J connectivity index is 1.40. The van der Waals surface area contributed by atoms with Crippen molar-refractivity contribution in [2.75, 3.05) is 31.1 Å². The van der Waals surface area contributed by atoms with Crippen molar-refractivity contribution in [2.45, 2.75) is 39.2 Å². The summed E-state index contributed by atoms with van der Waals surface area (Å²) in [6, 6.07) is 12.4. The molecule has 1 aromatic heterocycles. The number of hydrogen-bond acceptors (Lipinski definition) is 3. The predicted octanol–water partition coefficient (Wildman–Crippen LogP) is 5.34. The van der Waals surface area contributed by atoms with Gasteiger partial charge in [0.25, 0.3) is 5.91 Å². The molecule has 3 heterocycles. The topological polar surface area (TPSA) is 41.4 Å². The van der Waals surface area contributed by atoms with Gasteiger partial charge in [-0.15, -0.1) is 0 Å². The molecule has 0 aliphatic carbocycles. The Morgan fingerprint density at radius 3 is 2.61 bits per heavy atom. The van der Waals surface area contributed by atoms with Gasteiger partial charge in [-0.05, 0) is 56.0 Å². The highest BCUT2D eigenvalue weighted by molar-refractivity contribution is 6.30. The zero-order chi connectivity index (χ0) is 22.9. The van der Waals surface area contributed by atoms with E-state index in [0.29, 0.717) is 24.6 Å². The van der Waals surface area contributed by atoms with Crippen LogP contribution >= 0.6 is 11.6 Å². The number of piperazine rings is 1. The van der Waals surface area contributed by atoms with Crippen LogP contribution in [0.2, 0.25) is 5.02 Å². The summed E-state index contributed by atoms with van der Waals surface area (Å²) in [6.45, 7) is 5.65. The SMILES string of the molecule is Cc1ccc(Cl)cc1N1CCN(C(=O)c2nc(-c3cccc(F)c3)n3c2CCCCC3)CC1. The quantitative estimate of drug-likeness (QED) is 0.523. The number of benzene rings is 2. The first kappa shape index (κ1) is 22.0. The number of anilines is 1.